The molecule has 3 aromatic rings. The number of nitrogens with zero attached hydrogens (tertiary/aromatic N) is 2. The first-order chi connectivity index (χ1) is 17.1. The fourth-order valence-corrected chi connectivity index (χ4v) is 5.32. The normalized spacial score (nSPS) is 12.0. The molecule has 0 heterocycles. The predicted molar refractivity (Wildman–Crippen MR) is 142 cm³/mol. The summed E-state index contributed by atoms with van der Waals surface area (Å²) in [4.78, 5) is 27.8. The number of benzene rings is 3. The lowest BCUT2D eigenvalue weighted by atomic mass is 10.1. The molecule has 0 unspecified atom stereocenters. The minimum Gasteiger partial charge on any atom is -0.355 e. The van der Waals surface area contributed by atoms with Gasteiger partial charge in [-0.05, 0) is 62.7 Å². The fraction of sp³-hybridized carbons (Fsp3) is 0.259. The molecule has 2 amide bonds. The van der Waals surface area contributed by atoms with E-state index < -0.39 is 28.5 Å². The summed E-state index contributed by atoms with van der Waals surface area (Å²) in [6, 6.07) is 21.1. The van der Waals surface area contributed by atoms with Gasteiger partial charge in [-0.1, -0.05) is 59.6 Å². The third-order valence-electron chi connectivity index (χ3n) is 5.69. The second-order valence-corrected chi connectivity index (χ2v) is 10.7. The fourth-order valence-electron chi connectivity index (χ4n) is 3.70. The van der Waals surface area contributed by atoms with Crippen LogP contribution in [-0.4, -0.2) is 44.3 Å². The van der Waals surface area contributed by atoms with E-state index in [4.69, 9.17) is 11.6 Å². The molecular formula is C27H30ClN3O4S. The summed E-state index contributed by atoms with van der Waals surface area (Å²) in [6.45, 7) is 5.29. The van der Waals surface area contributed by atoms with Crippen LogP contribution in [0.3, 0.4) is 0 Å². The van der Waals surface area contributed by atoms with Gasteiger partial charge in [0.1, 0.15) is 12.6 Å². The molecule has 0 aliphatic carbocycles. The summed E-state index contributed by atoms with van der Waals surface area (Å²) in [6.07, 6.45) is 0. The highest BCUT2D eigenvalue weighted by Crippen LogP contribution is 2.25. The van der Waals surface area contributed by atoms with Crippen LogP contribution >= 0.6 is 11.6 Å². The van der Waals surface area contributed by atoms with Crippen molar-refractivity contribution in [3.8, 4) is 0 Å². The van der Waals surface area contributed by atoms with Crippen molar-refractivity contribution in [2.24, 2.45) is 0 Å². The lowest BCUT2D eigenvalue weighted by molar-refractivity contribution is -0.139. The Kier molecular flexibility index (Phi) is 9.12. The quantitative estimate of drug-likeness (QED) is 0.423. The van der Waals surface area contributed by atoms with Crippen LogP contribution in [0.4, 0.5) is 5.69 Å². The van der Waals surface area contributed by atoms with Crippen molar-refractivity contribution in [1.82, 2.24) is 10.2 Å². The van der Waals surface area contributed by atoms with Gasteiger partial charge in [0.2, 0.25) is 11.8 Å². The Bertz CT molecular complexity index is 1300. The van der Waals surface area contributed by atoms with Gasteiger partial charge in [-0.2, -0.15) is 0 Å². The number of carbonyl (C=O) groups excluding carboxylic acids is 2. The Balaban J connectivity index is 2.00. The van der Waals surface area contributed by atoms with Crippen molar-refractivity contribution in [1.29, 1.82) is 0 Å². The molecule has 190 valence electrons. The molecule has 1 N–H and O–H groups in total. The number of hydrogen-bond donors (Lipinski definition) is 1. The van der Waals surface area contributed by atoms with Crippen molar-refractivity contribution in [2.75, 3.05) is 17.4 Å². The second-order valence-electron chi connectivity index (χ2n) is 8.38. The first-order valence-corrected chi connectivity index (χ1v) is 13.4. The minimum atomic E-state index is -4.07. The van der Waals surface area contributed by atoms with Crippen LogP contribution in [0.25, 0.3) is 0 Å². The average Bonchev–Trinajstić information content (AvgIpc) is 2.86. The van der Waals surface area contributed by atoms with Gasteiger partial charge >= 0.3 is 0 Å². The maximum absolute atomic E-state index is 13.7. The smallest absolute Gasteiger partial charge is 0.264 e. The minimum absolute atomic E-state index is 0.0721. The van der Waals surface area contributed by atoms with Crippen LogP contribution in [0.15, 0.2) is 83.8 Å². The highest BCUT2D eigenvalue weighted by Gasteiger charge is 2.32. The molecule has 0 spiro atoms. The SMILES string of the molecule is CCNC(=O)[C@H](C)N(Cc1cccc(Cl)c1)C(=O)CN(c1ccccc1)S(=O)(=O)c1ccc(C)cc1. The topological polar surface area (TPSA) is 86.8 Å². The second kappa shape index (κ2) is 12.1. The van der Waals surface area contributed by atoms with Crippen LogP contribution in [0.1, 0.15) is 25.0 Å². The molecule has 0 aromatic heterocycles. The zero-order chi connectivity index (χ0) is 26.3. The van der Waals surface area contributed by atoms with Gasteiger partial charge in [-0.25, -0.2) is 8.42 Å². The van der Waals surface area contributed by atoms with Gasteiger partial charge in [0, 0.05) is 18.1 Å². The van der Waals surface area contributed by atoms with Crippen LogP contribution in [0, 0.1) is 6.92 Å². The molecule has 3 rings (SSSR count). The van der Waals surface area contributed by atoms with E-state index in [0.29, 0.717) is 17.3 Å². The molecule has 0 aliphatic heterocycles. The molecule has 0 fully saturated rings. The van der Waals surface area contributed by atoms with Crippen LogP contribution < -0.4 is 9.62 Å². The molecule has 0 bridgehead atoms. The summed E-state index contributed by atoms with van der Waals surface area (Å²) in [7, 11) is -4.07. The number of hydrogen-bond acceptors (Lipinski definition) is 4. The Hall–Kier alpha value is -3.36. The maximum atomic E-state index is 13.7. The van der Waals surface area contributed by atoms with Gasteiger partial charge in [-0.15, -0.1) is 0 Å². The summed E-state index contributed by atoms with van der Waals surface area (Å²) in [5.74, 6) is -0.853. The Labute approximate surface area is 217 Å². The Morgan fingerprint density at radius 1 is 0.972 bits per heavy atom. The van der Waals surface area contributed by atoms with E-state index in [-0.39, 0.29) is 17.3 Å². The van der Waals surface area contributed by atoms with Gasteiger partial charge in [0.15, 0.2) is 0 Å². The van der Waals surface area contributed by atoms with Gasteiger partial charge in [0.25, 0.3) is 10.0 Å². The average molecular weight is 528 g/mol. The third-order valence-corrected chi connectivity index (χ3v) is 7.72. The Morgan fingerprint density at radius 3 is 2.25 bits per heavy atom. The number of aryl methyl sites for hydroxylation is 1. The standard InChI is InChI=1S/C27H30ClN3O4S/c1-4-29-27(33)21(3)30(18-22-9-8-10-23(28)17-22)26(32)19-31(24-11-6-5-7-12-24)36(34,35)25-15-13-20(2)14-16-25/h5-17,21H,4,18-19H2,1-3H3,(H,29,33)/t21-/m0/s1. The van der Waals surface area contributed by atoms with Crippen molar-refractivity contribution in [3.63, 3.8) is 0 Å². The van der Waals surface area contributed by atoms with E-state index in [1.807, 2.05) is 6.92 Å². The zero-order valence-electron chi connectivity index (χ0n) is 20.5. The molecule has 36 heavy (non-hydrogen) atoms. The molecular weight excluding hydrogens is 498 g/mol. The first-order valence-electron chi connectivity index (χ1n) is 11.6. The number of amides is 2. The van der Waals surface area contributed by atoms with Gasteiger partial charge in [-0.3, -0.25) is 13.9 Å². The summed E-state index contributed by atoms with van der Waals surface area (Å²) >= 11 is 6.13. The van der Waals surface area contributed by atoms with Gasteiger partial charge in [0.05, 0.1) is 10.6 Å². The predicted octanol–water partition coefficient (Wildman–Crippen LogP) is 4.40. The maximum Gasteiger partial charge on any atom is 0.264 e. The molecule has 9 heteroatoms. The highest BCUT2D eigenvalue weighted by atomic mass is 35.5. The molecule has 0 aliphatic rings. The molecule has 1 atom stereocenters. The number of anilines is 1. The van der Waals surface area contributed by atoms with Crippen LogP contribution in [0.5, 0.6) is 0 Å². The Morgan fingerprint density at radius 2 is 1.64 bits per heavy atom. The summed E-state index contributed by atoms with van der Waals surface area (Å²) < 4.78 is 28.4. The van der Waals surface area contributed by atoms with Crippen LogP contribution in [-0.2, 0) is 26.2 Å². The summed E-state index contributed by atoms with van der Waals surface area (Å²) in [5, 5.41) is 3.23. The molecule has 7 nitrogen and oxygen atoms in total. The van der Waals surface area contributed by atoms with E-state index >= 15 is 0 Å². The highest BCUT2D eigenvalue weighted by molar-refractivity contribution is 7.92. The number of halogens is 1. The number of para-hydroxylation sites is 1. The van der Waals surface area contributed by atoms with Crippen molar-refractivity contribution < 1.29 is 18.0 Å². The molecule has 0 saturated carbocycles. The number of sulfonamides is 1. The van der Waals surface area contributed by atoms with E-state index in [1.165, 1.54) is 17.0 Å². The molecule has 0 radical (unpaired) electrons. The number of nitrogens with one attached hydrogen (secondary N) is 1. The number of rotatable bonds is 10. The summed E-state index contributed by atoms with van der Waals surface area (Å²) in [5.41, 5.74) is 1.99. The molecule has 3 aromatic carbocycles. The first kappa shape index (κ1) is 27.2. The van der Waals surface area contributed by atoms with Gasteiger partial charge < -0.3 is 10.2 Å². The number of likely N-dealkylation sites (N-methyl/N-ethyl adjacent to an activating group) is 1. The monoisotopic (exact) mass is 527 g/mol. The molecule has 0 saturated heterocycles. The lowest BCUT2D eigenvalue weighted by Crippen LogP contribution is -2.51. The van der Waals surface area contributed by atoms with E-state index in [9.17, 15) is 18.0 Å². The lowest BCUT2D eigenvalue weighted by Gasteiger charge is -2.32. The third kappa shape index (κ3) is 6.65. The van der Waals surface area contributed by atoms with E-state index in [0.717, 1.165) is 15.4 Å². The van der Waals surface area contributed by atoms with Crippen molar-refractivity contribution in [2.45, 2.75) is 38.3 Å². The van der Waals surface area contributed by atoms with E-state index in [2.05, 4.69) is 5.32 Å². The van der Waals surface area contributed by atoms with Crippen molar-refractivity contribution in [3.05, 3.63) is 95.0 Å². The van der Waals surface area contributed by atoms with E-state index in [1.54, 1.807) is 80.6 Å². The zero-order valence-corrected chi connectivity index (χ0v) is 22.1. The number of carbonyl (C=O) groups is 2. The largest absolute Gasteiger partial charge is 0.355 e. The van der Waals surface area contributed by atoms with Crippen LogP contribution in [0.2, 0.25) is 5.02 Å². The van der Waals surface area contributed by atoms with Crippen molar-refractivity contribution >= 4 is 39.1 Å².